The van der Waals surface area contributed by atoms with Crippen molar-refractivity contribution in [3.05, 3.63) is 47.5 Å². The summed E-state index contributed by atoms with van der Waals surface area (Å²) in [7, 11) is 0. The van der Waals surface area contributed by atoms with E-state index < -0.39 is 35.5 Å². The van der Waals surface area contributed by atoms with Gasteiger partial charge >= 0.3 is 5.97 Å². The summed E-state index contributed by atoms with van der Waals surface area (Å²) in [5.74, 6) is -1.17. The van der Waals surface area contributed by atoms with Gasteiger partial charge in [0.05, 0.1) is 18.6 Å². The average Bonchev–Trinajstić information content (AvgIpc) is 3.21. The molecule has 0 aromatic heterocycles. The molecule has 0 saturated heterocycles. The number of allylic oxidation sites excluding steroid dienone is 1. The van der Waals surface area contributed by atoms with Crippen LogP contribution in [0.15, 0.2) is 42.0 Å². The molecule has 3 fully saturated rings. The van der Waals surface area contributed by atoms with Crippen molar-refractivity contribution in [2.45, 2.75) is 96.3 Å². The molecule has 1 aromatic carbocycles. The topological polar surface area (TPSA) is 130 Å². The molecule has 0 heterocycles. The van der Waals surface area contributed by atoms with Gasteiger partial charge in [0.2, 0.25) is 11.7 Å². The first-order chi connectivity index (χ1) is 19.4. The van der Waals surface area contributed by atoms with Crippen LogP contribution in [0.25, 0.3) is 0 Å². The summed E-state index contributed by atoms with van der Waals surface area (Å²) in [6.07, 6.45) is 4.88. The maximum absolute atomic E-state index is 13.4. The average molecular weight is 566 g/mol. The van der Waals surface area contributed by atoms with Crippen molar-refractivity contribution < 1.29 is 34.1 Å². The van der Waals surface area contributed by atoms with Crippen molar-refractivity contribution in [1.29, 1.82) is 0 Å². The van der Waals surface area contributed by atoms with Crippen LogP contribution in [0.2, 0.25) is 0 Å². The van der Waals surface area contributed by atoms with Crippen LogP contribution in [0.3, 0.4) is 0 Å². The van der Waals surface area contributed by atoms with E-state index in [1.807, 2.05) is 44.2 Å². The highest BCUT2D eigenvalue weighted by Gasteiger charge is 2.68. The molecule has 0 aliphatic heterocycles. The number of amides is 1. The van der Waals surface area contributed by atoms with E-state index in [1.54, 1.807) is 6.08 Å². The largest absolute Gasteiger partial charge is 0.458 e. The number of ether oxygens (including phenoxy) is 1. The smallest absolute Gasteiger partial charge is 0.306 e. The molecule has 0 spiro atoms. The van der Waals surface area contributed by atoms with Crippen molar-refractivity contribution >= 4 is 23.4 Å². The molecule has 0 unspecified atom stereocenters. The minimum Gasteiger partial charge on any atom is -0.458 e. The molecular formula is C33H43NO7. The molecule has 222 valence electrons. The number of esters is 1. The number of Topliss-reactive ketones (excluding diaryl/α,β-unsaturated/α-hetero) is 1. The summed E-state index contributed by atoms with van der Waals surface area (Å²) < 4.78 is 5.25. The normalized spacial score (nSPS) is 36.7. The second-order valence-electron chi connectivity index (χ2n) is 13.3. The van der Waals surface area contributed by atoms with Gasteiger partial charge < -0.3 is 20.3 Å². The van der Waals surface area contributed by atoms with Gasteiger partial charge in [0.25, 0.3) is 0 Å². The van der Waals surface area contributed by atoms with Gasteiger partial charge in [-0.05, 0) is 80.3 Å². The second kappa shape index (κ2) is 11.1. The van der Waals surface area contributed by atoms with Gasteiger partial charge in [-0.2, -0.15) is 0 Å². The van der Waals surface area contributed by atoms with Gasteiger partial charge in [0.15, 0.2) is 12.4 Å². The van der Waals surface area contributed by atoms with Crippen LogP contribution >= 0.6 is 0 Å². The number of benzene rings is 1. The van der Waals surface area contributed by atoms with Crippen LogP contribution < -0.4 is 5.32 Å². The summed E-state index contributed by atoms with van der Waals surface area (Å²) in [5, 5.41) is 26.2. The minimum atomic E-state index is -1.70. The first-order valence-electron chi connectivity index (χ1n) is 15.1. The number of ketones is 2. The van der Waals surface area contributed by atoms with Gasteiger partial charge in [-0.15, -0.1) is 0 Å². The van der Waals surface area contributed by atoms with Gasteiger partial charge in [-0.3, -0.25) is 19.2 Å². The predicted octanol–water partition coefficient (Wildman–Crippen LogP) is 3.99. The van der Waals surface area contributed by atoms with E-state index in [0.717, 1.165) is 30.4 Å². The summed E-state index contributed by atoms with van der Waals surface area (Å²) in [6.45, 7) is 5.38. The predicted molar refractivity (Wildman–Crippen MR) is 151 cm³/mol. The van der Waals surface area contributed by atoms with Crippen molar-refractivity contribution in [3.63, 3.8) is 0 Å². The van der Waals surface area contributed by atoms with E-state index in [9.17, 15) is 29.4 Å². The van der Waals surface area contributed by atoms with Crippen LogP contribution in [0, 0.1) is 28.6 Å². The number of carbonyl (C=O) groups is 4. The van der Waals surface area contributed by atoms with E-state index in [4.69, 9.17) is 4.74 Å². The van der Waals surface area contributed by atoms with Crippen LogP contribution in [0.4, 0.5) is 0 Å². The van der Waals surface area contributed by atoms with Crippen LogP contribution in [-0.2, 0) is 23.9 Å². The standard InChI is InChI=1S/C33H43NO7/c1-20(21-7-5-4-6-8-21)34-28(38)11-12-29(39)41-19-27(37)33(40)16-14-25-24-10-9-22-17-23(35)13-15-31(22,2)30(24)26(36)18-32(25,33)3/h4-8,17,20,24-26,30,36,40H,9-16,18-19H2,1-3H3,(H,34,38)/t20-,24-,25-,26-,30+,31-,32-,33-/m0/s1. The highest BCUT2D eigenvalue weighted by Crippen LogP contribution is 2.67. The molecule has 1 amide bonds. The van der Waals surface area contributed by atoms with Crippen LogP contribution in [-0.4, -0.2) is 52.0 Å². The fraction of sp³-hybridized carbons (Fsp3) is 0.636. The number of nitrogens with one attached hydrogen (secondary N) is 1. The Morgan fingerprint density at radius 1 is 1.07 bits per heavy atom. The Morgan fingerprint density at radius 2 is 1.80 bits per heavy atom. The first-order valence-corrected chi connectivity index (χ1v) is 15.1. The maximum atomic E-state index is 13.4. The Bertz CT molecular complexity index is 1240. The number of fused-ring (bicyclic) bond motifs is 5. The minimum absolute atomic E-state index is 0.0142. The van der Waals surface area contributed by atoms with Crippen LogP contribution in [0.5, 0.6) is 0 Å². The molecule has 8 nitrogen and oxygen atoms in total. The lowest BCUT2D eigenvalue weighted by atomic mass is 9.45. The number of hydrogen-bond donors (Lipinski definition) is 3. The summed E-state index contributed by atoms with van der Waals surface area (Å²) in [5.41, 5.74) is -0.698. The van der Waals surface area contributed by atoms with E-state index in [0.29, 0.717) is 12.8 Å². The fourth-order valence-electron chi connectivity index (χ4n) is 8.84. The zero-order valence-corrected chi connectivity index (χ0v) is 24.4. The molecule has 4 aliphatic rings. The van der Waals surface area contributed by atoms with Crippen molar-refractivity contribution in [1.82, 2.24) is 5.32 Å². The summed E-state index contributed by atoms with van der Waals surface area (Å²) in [6, 6.07) is 9.30. The van der Waals surface area contributed by atoms with Gasteiger partial charge in [0, 0.05) is 18.3 Å². The van der Waals surface area contributed by atoms with Crippen LogP contribution in [0.1, 0.15) is 90.2 Å². The lowest BCUT2D eigenvalue weighted by Crippen LogP contribution is -2.62. The molecule has 0 bridgehead atoms. The molecule has 3 N–H and O–H groups in total. The number of aliphatic hydroxyl groups is 2. The Balaban J connectivity index is 1.18. The molecular weight excluding hydrogens is 522 g/mol. The number of aliphatic hydroxyl groups excluding tert-OH is 1. The maximum Gasteiger partial charge on any atom is 0.306 e. The van der Waals surface area contributed by atoms with E-state index in [1.165, 1.54) is 0 Å². The molecule has 8 heteroatoms. The number of carbonyl (C=O) groups excluding carboxylic acids is 4. The Labute approximate surface area is 241 Å². The Hall–Kier alpha value is -2.84. The number of hydrogen-bond acceptors (Lipinski definition) is 7. The highest BCUT2D eigenvalue weighted by atomic mass is 16.5. The molecule has 0 radical (unpaired) electrons. The van der Waals surface area contributed by atoms with E-state index in [2.05, 4.69) is 12.2 Å². The molecule has 8 atom stereocenters. The third-order valence-corrected chi connectivity index (χ3v) is 11.1. The van der Waals surface area contributed by atoms with Gasteiger partial charge in [0.1, 0.15) is 5.60 Å². The number of rotatable bonds is 8. The van der Waals surface area contributed by atoms with Gasteiger partial charge in [-0.1, -0.05) is 49.8 Å². The first kappa shape index (κ1) is 29.6. The van der Waals surface area contributed by atoms with Crippen molar-refractivity contribution in [2.24, 2.45) is 28.6 Å². The Kier molecular flexibility index (Phi) is 8.03. The quantitative estimate of drug-likeness (QED) is 0.407. The fourth-order valence-corrected chi connectivity index (χ4v) is 8.84. The van der Waals surface area contributed by atoms with E-state index >= 15 is 0 Å². The van der Waals surface area contributed by atoms with Gasteiger partial charge in [-0.25, -0.2) is 0 Å². The molecule has 41 heavy (non-hydrogen) atoms. The third-order valence-electron chi connectivity index (χ3n) is 11.1. The molecule has 3 saturated carbocycles. The third kappa shape index (κ3) is 5.18. The summed E-state index contributed by atoms with van der Waals surface area (Å²) >= 11 is 0. The zero-order chi connectivity index (χ0) is 29.6. The van der Waals surface area contributed by atoms with Crippen molar-refractivity contribution in [2.75, 3.05) is 6.61 Å². The lowest BCUT2D eigenvalue weighted by molar-refractivity contribution is -0.184. The van der Waals surface area contributed by atoms with E-state index in [-0.39, 0.29) is 66.6 Å². The Morgan fingerprint density at radius 3 is 2.54 bits per heavy atom. The molecule has 1 aromatic rings. The van der Waals surface area contributed by atoms with Crippen molar-refractivity contribution in [3.8, 4) is 0 Å². The lowest BCUT2D eigenvalue weighted by Gasteiger charge is -2.60. The zero-order valence-electron chi connectivity index (χ0n) is 24.4. The molecule has 5 rings (SSSR count). The highest BCUT2D eigenvalue weighted by molar-refractivity contribution is 5.92. The molecule has 4 aliphatic carbocycles. The SMILES string of the molecule is C[C@H](NC(=O)CCC(=O)OCC(=O)[C@@]1(O)CC[C@H]2[C@@H]3CCC4=CC(=O)CC[C@]4(C)[C@H]3[C@@H](O)C[C@@]21C)c1ccccc1. The monoisotopic (exact) mass is 565 g/mol. The second-order valence-corrected chi connectivity index (χ2v) is 13.3. The summed E-state index contributed by atoms with van der Waals surface area (Å²) in [4.78, 5) is 50.3.